The number of benzene rings is 2. The topological polar surface area (TPSA) is 90.3 Å². The number of hydrogen-bond donors (Lipinski definition) is 1. The predicted octanol–water partition coefficient (Wildman–Crippen LogP) is 4.54. The van der Waals surface area contributed by atoms with Crippen LogP contribution in [0.5, 0.6) is 0 Å². The number of carbonyl (C=O) groups excluding carboxylic acids is 1. The first kappa shape index (κ1) is 21.6. The van der Waals surface area contributed by atoms with Gasteiger partial charge in [-0.2, -0.15) is 9.57 Å². The van der Waals surface area contributed by atoms with Crippen LogP contribution in [0.2, 0.25) is 10.0 Å². The maximum atomic E-state index is 13.1. The molecule has 1 atom stereocenters. The number of nitrogens with zero attached hydrogens (tertiary/aromatic N) is 2. The fraction of sp³-hybridized carbons (Fsp3) is 0.300. The Labute approximate surface area is 180 Å². The summed E-state index contributed by atoms with van der Waals surface area (Å²) in [5.74, 6) is -0.240. The molecule has 2 aromatic carbocycles. The van der Waals surface area contributed by atoms with Crippen molar-refractivity contribution < 1.29 is 13.2 Å². The predicted molar refractivity (Wildman–Crippen MR) is 113 cm³/mol. The average molecular weight is 452 g/mol. The zero-order valence-corrected chi connectivity index (χ0v) is 18.0. The van der Waals surface area contributed by atoms with E-state index in [1.807, 2.05) is 13.0 Å². The molecule has 0 saturated carbocycles. The van der Waals surface area contributed by atoms with Gasteiger partial charge in [-0.15, -0.1) is 0 Å². The molecule has 6 nitrogen and oxygen atoms in total. The lowest BCUT2D eigenvalue weighted by Crippen LogP contribution is -2.39. The van der Waals surface area contributed by atoms with Crippen molar-refractivity contribution >= 4 is 44.8 Å². The van der Waals surface area contributed by atoms with Crippen LogP contribution in [-0.4, -0.2) is 31.7 Å². The third kappa shape index (κ3) is 4.73. The van der Waals surface area contributed by atoms with Gasteiger partial charge in [-0.1, -0.05) is 30.1 Å². The van der Waals surface area contributed by atoms with Gasteiger partial charge in [-0.3, -0.25) is 4.79 Å². The van der Waals surface area contributed by atoms with Crippen LogP contribution in [-0.2, 0) is 10.0 Å². The van der Waals surface area contributed by atoms with Crippen LogP contribution in [0.15, 0.2) is 41.3 Å². The molecule has 1 heterocycles. The van der Waals surface area contributed by atoms with E-state index < -0.39 is 15.9 Å². The van der Waals surface area contributed by atoms with Crippen LogP contribution < -0.4 is 5.32 Å². The van der Waals surface area contributed by atoms with E-state index in [2.05, 4.69) is 5.32 Å². The normalized spacial score (nSPS) is 17.5. The molecule has 9 heteroatoms. The largest absolute Gasteiger partial charge is 0.322 e. The van der Waals surface area contributed by atoms with Crippen LogP contribution in [0, 0.1) is 17.2 Å². The number of carbonyl (C=O) groups is 1. The van der Waals surface area contributed by atoms with Crippen LogP contribution in [0.4, 0.5) is 5.69 Å². The second kappa shape index (κ2) is 8.72. The molecule has 1 aliphatic heterocycles. The summed E-state index contributed by atoms with van der Waals surface area (Å²) in [5, 5.41) is 11.9. The van der Waals surface area contributed by atoms with Gasteiger partial charge >= 0.3 is 0 Å². The van der Waals surface area contributed by atoms with E-state index in [0.29, 0.717) is 24.3 Å². The Balaban J connectivity index is 1.87. The Morgan fingerprint density at radius 1 is 1.21 bits per heavy atom. The number of halogens is 2. The fourth-order valence-corrected chi connectivity index (χ4v) is 5.55. The molecule has 152 valence electrons. The van der Waals surface area contributed by atoms with E-state index in [1.165, 1.54) is 34.6 Å². The Morgan fingerprint density at radius 2 is 1.97 bits per heavy atom. The monoisotopic (exact) mass is 451 g/mol. The summed E-state index contributed by atoms with van der Waals surface area (Å²) in [6.45, 7) is 2.87. The molecule has 2 aromatic rings. The van der Waals surface area contributed by atoms with Gasteiger partial charge in [0.2, 0.25) is 10.0 Å². The molecular formula is C20H19Cl2N3O3S. The van der Waals surface area contributed by atoms with Crippen LogP contribution in [0.25, 0.3) is 0 Å². The highest BCUT2D eigenvalue weighted by Gasteiger charge is 2.31. The number of piperidine rings is 1. The Bertz CT molecular complexity index is 1100. The summed E-state index contributed by atoms with van der Waals surface area (Å²) in [6, 6.07) is 10.6. The van der Waals surface area contributed by atoms with Crippen molar-refractivity contribution in [1.29, 1.82) is 5.26 Å². The summed E-state index contributed by atoms with van der Waals surface area (Å²) in [7, 11) is -3.81. The molecule has 0 aliphatic carbocycles. The van der Waals surface area contributed by atoms with Crippen molar-refractivity contribution in [1.82, 2.24) is 4.31 Å². The van der Waals surface area contributed by atoms with Crippen LogP contribution >= 0.6 is 23.2 Å². The maximum absolute atomic E-state index is 13.1. The first-order valence-electron chi connectivity index (χ1n) is 9.03. The second-order valence-electron chi connectivity index (χ2n) is 7.02. The van der Waals surface area contributed by atoms with Gasteiger partial charge in [-0.05, 0) is 55.2 Å². The number of amides is 1. The van der Waals surface area contributed by atoms with Crippen LogP contribution in [0.1, 0.15) is 35.7 Å². The third-order valence-electron chi connectivity index (χ3n) is 4.78. The smallest absolute Gasteiger partial charge is 0.255 e. The number of anilines is 1. The molecule has 0 spiro atoms. The molecular weight excluding hydrogens is 433 g/mol. The van der Waals surface area contributed by atoms with E-state index in [1.54, 1.807) is 6.07 Å². The fourth-order valence-electron chi connectivity index (χ4n) is 3.23. The first-order chi connectivity index (χ1) is 13.7. The molecule has 29 heavy (non-hydrogen) atoms. The van der Waals surface area contributed by atoms with Gasteiger partial charge in [0.1, 0.15) is 11.0 Å². The minimum Gasteiger partial charge on any atom is -0.322 e. The number of rotatable bonds is 4. The van der Waals surface area contributed by atoms with Gasteiger partial charge in [0, 0.05) is 24.3 Å². The molecule has 1 N–H and O–H groups in total. The van der Waals surface area contributed by atoms with Gasteiger partial charge in [0.05, 0.1) is 15.6 Å². The second-order valence-corrected chi connectivity index (χ2v) is 9.74. The van der Waals surface area contributed by atoms with Crippen LogP contribution in [0.3, 0.4) is 0 Å². The molecule has 0 radical (unpaired) electrons. The molecule has 1 aliphatic rings. The van der Waals surface area contributed by atoms with Gasteiger partial charge in [0.15, 0.2) is 0 Å². The van der Waals surface area contributed by atoms with Gasteiger partial charge in [-0.25, -0.2) is 8.42 Å². The first-order valence-corrected chi connectivity index (χ1v) is 11.2. The molecule has 0 bridgehead atoms. The van der Waals surface area contributed by atoms with Crippen molar-refractivity contribution in [2.24, 2.45) is 5.92 Å². The summed E-state index contributed by atoms with van der Waals surface area (Å²) >= 11 is 12.2. The molecule has 1 fully saturated rings. The summed E-state index contributed by atoms with van der Waals surface area (Å²) < 4.78 is 27.5. The van der Waals surface area contributed by atoms with E-state index in [-0.39, 0.29) is 26.4 Å². The molecule has 1 saturated heterocycles. The Hall–Kier alpha value is -2.11. The third-order valence-corrected chi connectivity index (χ3v) is 7.44. The number of nitrogens with one attached hydrogen (secondary N) is 1. The highest BCUT2D eigenvalue weighted by molar-refractivity contribution is 7.89. The number of sulfonamides is 1. The van der Waals surface area contributed by atoms with Gasteiger partial charge in [0.25, 0.3) is 5.91 Å². The lowest BCUT2D eigenvalue weighted by molar-refractivity contribution is 0.102. The maximum Gasteiger partial charge on any atom is 0.255 e. The molecule has 1 amide bonds. The van der Waals surface area contributed by atoms with Crippen molar-refractivity contribution in [3.8, 4) is 6.07 Å². The van der Waals surface area contributed by atoms with E-state index in [4.69, 9.17) is 28.5 Å². The van der Waals surface area contributed by atoms with Crippen molar-refractivity contribution in [2.75, 3.05) is 18.4 Å². The lowest BCUT2D eigenvalue weighted by Gasteiger charge is -2.30. The highest BCUT2D eigenvalue weighted by atomic mass is 35.5. The van der Waals surface area contributed by atoms with E-state index in [9.17, 15) is 13.2 Å². The summed E-state index contributed by atoms with van der Waals surface area (Å²) in [4.78, 5) is 12.5. The minimum absolute atomic E-state index is 0.0706. The quantitative estimate of drug-likeness (QED) is 0.738. The lowest BCUT2D eigenvalue weighted by atomic mass is 10.0. The van der Waals surface area contributed by atoms with Crippen molar-refractivity contribution in [2.45, 2.75) is 24.7 Å². The molecule has 0 aromatic heterocycles. The average Bonchev–Trinajstić information content (AvgIpc) is 2.68. The van der Waals surface area contributed by atoms with E-state index >= 15 is 0 Å². The van der Waals surface area contributed by atoms with Crippen molar-refractivity contribution in [3.05, 3.63) is 57.6 Å². The minimum atomic E-state index is -3.81. The van der Waals surface area contributed by atoms with E-state index in [0.717, 1.165) is 12.8 Å². The summed E-state index contributed by atoms with van der Waals surface area (Å²) in [5.41, 5.74) is 0.835. The molecule has 1 unspecified atom stereocenters. The Kier molecular flexibility index (Phi) is 6.49. The zero-order chi connectivity index (χ0) is 21.2. The standard InChI is InChI=1S/C20H19Cl2N3O3S/c1-13-3-2-8-25(12-13)29(27,28)19-9-14(5-7-17(19)21)20(26)24-16-6-4-15(11-23)18(22)10-16/h4-7,9-10,13H,2-3,8,12H2,1H3,(H,24,26). The Morgan fingerprint density at radius 3 is 2.62 bits per heavy atom. The SMILES string of the molecule is CC1CCCN(S(=O)(=O)c2cc(C(=O)Nc3ccc(C#N)c(Cl)c3)ccc2Cl)C1. The highest BCUT2D eigenvalue weighted by Crippen LogP contribution is 2.29. The summed E-state index contributed by atoms with van der Waals surface area (Å²) in [6.07, 6.45) is 1.77. The zero-order valence-electron chi connectivity index (χ0n) is 15.7. The number of nitriles is 1. The molecule has 3 rings (SSSR count). The van der Waals surface area contributed by atoms with Crippen molar-refractivity contribution in [3.63, 3.8) is 0 Å². The number of hydrogen-bond acceptors (Lipinski definition) is 4. The van der Waals surface area contributed by atoms with Gasteiger partial charge < -0.3 is 5.32 Å².